The van der Waals surface area contributed by atoms with Crippen molar-refractivity contribution in [2.75, 3.05) is 13.1 Å². The number of aliphatic carboxylic acids is 1. The second-order valence-corrected chi connectivity index (χ2v) is 3.21. The maximum Gasteiger partial charge on any atom is 0.305 e. The Morgan fingerprint density at radius 1 is 1.50 bits per heavy atom. The SMILES string of the molecule is CC(CC(=O)O)N1C(=O)CNCC1=O. The van der Waals surface area contributed by atoms with Gasteiger partial charge in [-0.25, -0.2) is 0 Å². The van der Waals surface area contributed by atoms with Gasteiger partial charge >= 0.3 is 5.97 Å². The van der Waals surface area contributed by atoms with Gasteiger partial charge in [0.05, 0.1) is 19.5 Å². The first kappa shape index (κ1) is 10.6. The van der Waals surface area contributed by atoms with E-state index < -0.39 is 12.0 Å². The molecule has 1 saturated heterocycles. The van der Waals surface area contributed by atoms with E-state index >= 15 is 0 Å². The van der Waals surface area contributed by atoms with Crippen LogP contribution in [0.3, 0.4) is 0 Å². The Kier molecular flexibility index (Phi) is 3.19. The van der Waals surface area contributed by atoms with Gasteiger partial charge in [0.15, 0.2) is 0 Å². The predicted octanol–water partition coefficient (Wildman–Crippen LogP) is -1.19. The van der Waals surface area contributed by atoms with Gasteiger partial charge in [0.25, 0.3) is 0 Å². The number of nitrogens with one attached hydrogen (secondary N) is 1. The molecule has 0 aromatic heterocycles. The highest BCUT2D eigenvalue weighted by Gasteiger charge is 2.30. The zero-order chi connectivity index (χ0) is 10.7. The van der Waals surface area contributed by atoms with E-state index in [-0.39, 0.29) is 31.3 Å². The van der Waals surface area contributed by atoms with E-state index in [1.54, 1.807) is 6.92 Å². The lowest BCUT2D eigenvalue weighted by Gasteiger charge is -2.30. The van der Waals surface area contributed by atoms with Crippen molar-refractivity contribution < 1.29 is 19.5 Å². The Bertz CT molecular complexity index is 261. The number of imide groups is 1. The Morgan fingerprint density at radius 3 is 2.43 bits per heavy atom. The molecule has 0 saturated carbocycles. The first-order valence-corrected chi connectivity index (χ1v) is 4.29. The standard InChI is InChI=1S/C8H12N2O4/c1-5(2-8(13)14)10-6(11)3-9-4-7(10)12/h5,9H,2-4H2,1H3,(H,13,14). The monoisotopic (exact) mass is 200 g/mol. The summed E-state index contributed by atoms with van der Waals surface area (Å²) in [6.07, 6.45) is -0.211. The first-order chi connectivity index (χ1) is 6.52. The molecule has 6 nitrogen and oxygen atoms in total. The first-order valence-electron chi connectivity index (χ1n) is 4.29. The van der Waals surface area contributed by atoms with Gasteiger partial charge in [0.1, 0.15) is 0 Å². The second kappa shape index (κ2) is 4.19. The Labute approximate surface area is 80.9 Å². The minimum absolute atomic E-state index is 0.0930. The Hall–Kier alpha value is -1.43. The number of hydrogen-bond donors (Lipinski definition) is 2. The largest absolute Gasteiger partial charge is 0.481 e. The summed E-state index contributed by atoms with van der Waals surface area (Å²) in [6, 6.07) is -0.574. The van der Waals surface area contributed by atoms with E-state index in [0.29, 0.717) is 0 Å². The van der Waals surface area contributed by atoms with Crippen LogP contribution in [0.4, 0.5) is 0 Å². The number of carboxylic acid groups (broad SMARTS) is 1. The molecule has 0 spiro atoms. The molecule has 0 aliphatic carbocycles. The lowest BCUT2D eigenvalue weighted by Crippen LogP contribution is -2.55. The van der Waals surface area contributed by atoms with Crippen molar-refractivity contribution >= 4 is 17.8 Å². The smallest absolute Gasteiger partial charge is 0.305 e. The van der Waals surface area contributed by atoms with E-state index in [1.807, 2.05) is 0 Å². The van der Waals surface area contributed by atoms with Crippen molar-refractivity contribution in [3.05, 3.63) is 0 Å². The number of nitrogens with zero attached hydrogens (tertiary/aromatic N) is 1. The van der Waals surface area contributed by atoms with Crippen molar-refractivity contribution in [1.82, 2.24) is 10.2 Å². The van der Waals surface area contributed by atoms with Gasteiger partial charge in [-0.05, 0) is 6.92 Å². The van der Waals surface area contributed by atoms with Gasteiger partial charge in [-0.3, -0.25) is 24.6 Å². The number of carbonyl (C=O) groups is 3. The van der Waals surface area contributed by atoms with Crippen LogP contribution in [0, 0.1) is 0 Å². The van der Waals surface area contributed by atoms with Crippen molar-refractivity contribution in [1.29, 1.82) is 0 Å². The van der Waals surface area contributed by atoms with Crippen LogP contribution in [0.15, 0.2) is 0 Å². The molecule has 1 heterocycles. The molecule has 1 aliphatic heterocycles. The summed E-state index contributed by atoms with van der Waals surface area (Å²) in [4.78, 5) is 34.0. The normalized spacial score (nSPS) is 19.6. The topological polar surface area (TPSA) is 86.7 Å². The number of piperazine rings is 1. The Morgan fingerprint density at radius 2 is 2.00 bits per heavy atom. The highest BCUT2D eigenvalue weighted by molar-refractivity contribution is 6.00. The fourth-order valence-electron chi connectivity index (χ4n) is 1.42. The molecule has 0 aromatic carbocycles. The molecule has 1 fully saturated rings. The fraction of sp³-hybridized carbons (Fsp3) is 0.625. The van der Waals surface area contributed by atoms with E-state index in [2.05, 4.69) is 5.32 Å². The molecular weight excluding hydrogens is 188 g/mol. The molecule has 2 amide bonds. The second-order valence-electron chi connectivity index (χ2n) is 3.21. The molecule has 2 N–H and O–H groups in total. The zero-order valence-corrected chi connectivity index (χ0v) is 7.82. The zero-order valence-electron chi connectivity index (χ0n) is 7.82. The molecule has 1 rings (SSSR count). The van der Waals surface area contributed by atoms with Gasteiger partial charge in [0, 0.05) is 6.04 Å². The quantitative estimate of drug-likeness (QED) is 0.559. The summed E-state index contributed by atoms with van der Waals surface area (Å²) >= 11 is 0. The van der Waals surface area contributed by atoms with E-state index in [4.69, 9.17) is 5.11 Å². The highest BCUT2D eigenvalue weighted by Crippen LogP contribution is 2.07. The molecule has 1 unspecified atom stereocenters. The molecule has 0 radical (unpaired) electrons. The van der Waals surface area contributed by atoms with E-state index in [1.165, 1.54) is 0 Å². The average Bonchev–Trinajstić information content (AvgIpc) is 2.01. The van der Waals surface area contributed by atoms with Crippen LogP contribution >= 0.6 is 0 Å². The summed E-state index contributed by atoms with van der Waals surface area (Å²) < 4.78 is 0. The number of carbonyl (C=O) groups excluding carboxylic acids is 2. The summed E-state index contributed by atoms with van der Waals surface area (Å²) in [5, 5.41) is 11.2. The summed E-state index contributed by atoms with van der Waals surface area (Å²) in [5.74, 6) is -1.75. The summed E-state index contributed by atoms with van der Waals surface area (Å²) in [5.41, 5.74) is 0. The number of hydrogen-bond acceptors (Lipinski definition) is 4. The molecule has 6 heteroatoms. The van der Waals surface area contributed by atoms with Crippen molar-refractivity contribution in [2.24, 2.45) is 0 Å². The van der Waals surface area contributed by atoms with Crippen LogP contribution in [0.5, 0.6) is 0 Å². The minimum atomic E-state index is -1.02. The molecule has 0 aromatic rings. The fourth-order valence-corrected chi connectivity index (χ4v) is 1.42. The van der Waals surface area contributed by atoms with Gasteiger partial charge < -0.3 is 5.11 Å². The van der Waals surface area contributed by atoms with Crippen LogP contribution in [0.1, 0.15) is 13.3 Å². The summed E-state index contributed by atoms with van der Waals surface area (Å²) in [6.45, 7) is 1.74. The van der Waals surface area contributed by atoms with Crippen LogP contribution in [0.2, 0.25) is 0 Å². The van der Waals surface area contributed by atoms with Crippen molar-refractivity contribution in [2.45, 2.75) is 19.4 Å². The highest BCUT2D eigenvalue weighted by atomic mass is 16.4. The summed E-state index contributed by atoms with van der Waals surface area (Å²) in [7, 11) is 0. The lowest BCUT2D eigenvalue weighted by molar-refractivity contribution is -0.150. The molecule has 1 atom stereocenters. The van der Waals surface area contributed by atoms with Gasteiger partial charge in [0.2, 0.25) is 11.8 Å². The van der Waals surface area contributed by atoms with Crippen molar-refractivity contribution in [3.63, 3.8) is 0 Å². The lowest BCUT2D eigenvalue weighted by atomic mass is 10.1. The van der Waals surface area contributed by atoms with Gasteiger partial charge in [-0.15, -0.1) is 0 Å². The molecule has 14 heavy (non-hydrogen) atoms. The van der Waals surface area contributed by atoms with Crippen LogP contribution in [-0.4, -0.2) is 46.9 Å². The third kappa shape index (κ3) is 2.29. The molecular formula is C8H12N2O4. The van der Waals surface area contributed by atoms with Crippen molar-refractivity contribution in [3.8, 4) is 0 Å². The Balaban J connectivity index is 2.67. The molecule has 1 aliphatic rings. The van der Waals surface area contributed by atoms with Gasteiger partial charge in [-0.1, -0.05) is 0 Å². The number of amides is 2. The maximum absolute atomic E-state index is 11.3. The van der Waals surface area contributed by atoms with E-state index in [0.717, 1.165) is 4.90 Å². The number of carboxylic acids is 1. The minimum Gasteiger partial charge on any atom is -0.481 e. The maximum atomic E-state index is 11.3. The van der Waals surface area contributed by atoms with Gasteiger partial charge in [-0.2, -0.15) is 0 Å². The average molecular weight is 200 g/mol. The van der Waals surface area contributed by atoms with Crippen LogP contribution in [-0.2, 0) is 14.4 Å². The third-order valence-corrected chi connectivity index (χ3v) is 2.00. The van der Waals surface area contributed by atoms with Crippen LogP contribution in [0.25, 0.3) is 0 Å². The molecule has 0 bridgehead atoms. The molecule has 78 valence electrons. The van der Waals surface area contributed by atoms with Crippen LogP contribution < -0.4 is 5.32 Å². The predicted molar refractivity (Wildman–Crippen MR) is 46.4 cm³/mol. The van der Waals surface area contributed by atoms with E-state index in [9.17, 15) is 14.4 Å². The number of rotatable bonds is 3. The third-order valence-electron chi connectivity index (χ3n) is 2.00.